The van der Waals surface area contributed by atoms with Crippen LogP contribution in [0.2, 0.25) is 0 Å². The first-order chi connectivity index (χ1) is 36.7. The van der Waals surface area contributed by atoms with Crippen LogP contribution in [-0.4, -0.2) is 0 Å². The second kappa shape index (κ2) is 15.9. The summed E-state index contributed by atoms with van der Waals surface area (Å²) in [6, 6.07) is 95.1. The average molecular weight is 942 g/mol. The fraction of sp³-hybridized carbons (Fsp3) is 0.0959. The van der Waals surface area contributed by atoms with Crippen molar-refractivity contribution in [1.29, 1.82) is 0 Å². The van der Waals surface area contributed by atoms with E-state index in [9.17, 15) is 0 Å². The Morgan fingerprint density at radius 3 is 1.32 bits per heavy atom. The molecule has 1 saturated carbocycles. The predicted molar refractivity (Wildman–Crippen MR) is 310 cm³/mol. The Balaban J connectivity index is 1.06. The molecule has 16 rings (SSSR count). The van der Waals surface area contributed by atoms with E-state index in [1.54, 1.807) is 0 Å². The fourth-order valence-electron chi connectivity index (χ4n) is 14.9. The highest BCUT2D eigenvalue weighted by atomic mass is 15.1. The third-order valence-corrected chi connectivity index (χ3v) is 17.9. The van der Waals surface area contributed by atoms with Gasteiger partial charge in [0.15, 0.2) is 0 Å². The Morgan fingerprint density at radius 1 is 0.257 bits per heavy atom. The van der Waals surface area contributed by atoms with Gasteiger partial charge < -0.3 is 4.90 Å². The Morgan fingerprint density at radius 2 is 0.703 bits per heavy atom. The summed E-state index contributed by atoms with van der Waals surface area (Å²) in [5.74, 6) is 0. The van der Waals surface area contributed by atoms with E-state index in [1.807, 2.05) is 0 Å². The quantitative estimate of drug-likeness (QED) is 0.155. The fourth-order valence-corrected chi connectivity index (χ4v) is 14.9. The summed E-state index contributed by atoms with van der Waals surface area (Å²) in [6.07, 6.45) is 6.11. The molecule has 348 valence electrons. The molecule has 1 fully saturated rings. The van der Waals surface area contributed by atoms with Crippen molar-refractivity contribution in [3.63, 3.8) is 0 Å². The van der Waals surface area contributed by atoms with Gasteiger partial charge in [-0.3, -0.25) is 0 Å². The normalized spacial score (nSPS) is 15.0. The van der Waals surface area contributed by atoms with Gasteiger partial charge in [-0.15, -0.1) is 0 Å². The molecule has 74 heavy (non-hydrogen) atoms. The van der Waals surface area contributed by atoms with Crippen LogP contribution in [0.25, 0.3) is 88.0 Å². The minimum absolute atomic E-state index is 0.0198. The first-order valence-electron chi connectivity index (χ1n) is 26.7. The topological polar surface area (TPSA) is 3.24 Å². The molecule has 0 N–H and O–H groups in total. The second-order valence-electron chi connectivity index (χ2n) is 21.3. The van der Waals surface area contributed by atoms with Crippen LogP contribution in [-0.2, 0) is 10.8 Å². The van der Waals surface area contributed by atoms with Crippen molar-refractivity contribution in [3.05, 3.63) is 282 Å². The molecule has 0 amide bonds. The summed E-state index contributed by atoms with van der Waals surface area (Å²) in [7, 11) is 0. The lowest BCUT2D eigenvalue weighted by Gasteiger charge is -2.37. The van der Waals surface area contributed by atoms with Gasteiger partial charge in [0, 0.05) is 22.4 Å². The van der Waals surface area contributed by atoms with Gasteiger partial charge in [-0.25, -0.2) is 0 Å². The molecular formula is C73H51N. The zero-order chi connectivity index (χ0) is 48.5. The van der Waals surface area contributed by atoms with Gasteiger partial charge in [-0.2, -0.15) is 0 Å². The van der Waals surface area contributed by atoms with Crippen molar-refractivity contribution >= 4 is 49.4 Å². The molecule has 0 aliphatic heterocycles. The van der Waals surface area contributed by atoms with Crippen LogP contribution < -0.4 is 4.90 Å². The van der Waals surface area contributed by atoms with Crippen molar-refractivity contribution in [3.8, 4) is 55.6 Å². The number of hydrogen-bond donors (Lipinski definition) is 0. The smallest absolute Gasteiger partial charge is 0.0726 e. The van der Waals surface area contributed by atoms with Gasteiger partial charge in [0.25, 0.3) is 0 Å². The lowest BCUT2D eigenvalue weighted by atomic mass is 9.68. The second-order valence-corrected chi connectivity index (χ2v) is 21.3. The van der Waals surface area contributed by atoms with Crippen LogP contribution in [0.1, 0.15) is 65.5 Å². The van der Waals surface area contributed by atoms with E-state index >= 15 is 0 Å². The Hall–Kier alpha value is -8.78. The van der Waals surface area contributed by atoms with E-state index in [-0.39, 0.29) is 5.41 Å². The number of anilines is 3. The Kier molecular flexibility index (Phi) is 8.96. The van der Waals surface area contributed by atoms with Gasteiger partial charge in [-0.05, 0) is 165 Å². The number of benzene rings is 12. The maximum absolute atomic E-state index is 2.66. The molecule has 12 aromatic rings. The van der Waals surface area contributed by atoms with E-state index in [0.29, 0.717) is 0 Å². The molecule has 0 bridgehead atoms. The van der Waals surface area contributed by atoms with Gasteiger partial charge in [0.2, 0.25) is 0 Å². The maximum atomic E-state index is 2.66. The lowest BCUT2D eigenvalue weighted by molar-refractivity contribution is 0.353. The van der Waals surface area contributed by atoms with Crippen molar-refractivity contribution in [1.82, 2.24) is 0 Å². The monoisotopic (exact) mass is 941 g/mol. The Labute approximate surface area is 432 Å². The SMILES string of the molecule is c1ccc(-c2ccccc2-c2cc3c(cc2N(c2ccc4c(c2)C2(CCCCC2)c2ccccc2-4)c2ccc4c5ccccc5c5ccccc5c4c2)C2(c4ccccc4-c4ccccc42)c2ccccc2-3)cc1. The zero-order valence-corrected chi connectivity index (χ0v) is 41.2. The zero-order valence-electron chi connectivity index (χ0n) is 41.2. The minimum atomic E-state index is -0.527. The molecule has 0 saturated heterocycles. The molecule has 12 aromatic carbocycles. The third kappa shape index (κ3) is 5.65. The van der Waals surface area contributed by atoms with Crippen LogP contribution in [0.15, 0.2) is 249 Å². The summed E-state index contributed by atoms with van der Waals surface area (Å²) in [4.78, 5) is 2.66. The molecule has 0 heterocycles. The molecule has 1 nitrogen and oxygen atoms in total. The van der Waals surface area contributed by atoms with E-state index in [2.05, 4.69) is 254 Å². The summed E-state index contributed by atoms with van der Waals surface area (Å²) < 4.78 is 0. The summed E-state index contributed by atoms with van der Waals surface area (Å²) in [5.41, 5.74) is 24.1. The highest BCUT2D eigenvalue weighted by molar-refractivity contribution is 6.26. The van der Waals surface area contributed by atoms with Crippen LogP contribution in [0.3, 0.4) is 0 Å². The number of nitrogens with zero attached hydrogens (tertiary/aromatic N) is 1. The number of rotatable bonds is 5. The molecule has 0 unspecified atom stereocenters. The van der Waals surface area contributed by atoms with Gasteiger partial charge >= 0.3 is 0 Å². The van der Waals surface area contributed by atoms with Gasteiger partial charge in [0.05, 0.1) is 11.1 Å². The van der Waals surface area contributed by atoms with Crippen LogP contribution in [0.4, 0.5) is 17.1 Å². The van der Waals surface area contributed by atoms with Crippen molar-refractivity contribution in [2.24, 2.45) is 0 Å². The molecule has 0 aromatic heterocycles. The van der Waals surface area contributed by atoms with Gasteiger partial charge in [0.1, 0.15) is 0 Å². The van der Waals surface area contributed by atoms with E-state index < -0.39 is 5.41 Å². The van der Waals surface area contributed by atoms with E-state index in [1.165, 1.54) is 165 Å². The van der Waals surface area contributed by atoms with Crippen LogP contribution >= 0.6 is 0 Å². The molecule has 4 aliphatic carbocycles. The number of hydrogen-bond acceptors (Lipinski definition) is 1. The highest BCUT2D eigenvalue weighted by Gasteiger charge is 2.52. The van der Waals surface area contributed by atoms with Crippen molar-refractivity contribution in [2.45, 2.75) is 42.9 Å². The first kappa shape index (κ1) is 41.8. The summed E-state index contributed by atoms with van der Waals surface area (Å²) >= 11 is 0. The molecule has 0 atom stereocenters. The molecule has 2 spiro atoms. The number of fused-ring (bicyclic) bond motifs is 21. The minimum Gasteiger partial charge on any atom is -0.310 e. The van der Waals surface area contributed by atoms with Crippen LogP contribution in [0, 0.1) is 0 Å². The Bertz CT molecular complexity index is 4220. The maximum Gasteiger partial charge on any atom is 0.0726 e. The largest absolute Gasteiger partial charge is 0.310 e. The third-order valence-electron chi connectivity index (χ3n) is 17.9. The van der Waals surface area contributed by atoms with Crippen LogP contribution in [0.5, 0.6) is 0 Å². The molecule has 1 heteroatoms. The summed E-state index contributed by atoms with van der Waals surface area (Å²) in [6.45, 7) is 0. The van der Waals surface area contributed by atoms with Crippen molar-refractivity contribution < 1.29 is 0 Å². The standard InChI is InChI=1S/C73H51N/c1-3-21-47(22-4-1)50-23-5-6-24-51(50)64-45-63-60-32-14-18-36-68(60)73(66-34-16-12-30-58(66)59-31-13-17-35-67(59)73)70(63)46-71(64)74(48-37-39-56-54-27-8-7-25-52(54)53-26-9-10-28-55(53)62(56)43-48)49-38-40-61-57-29-11-15-33-65(57)72(69(61)44-49)41-19-2-20-42-72/h1,3-18,21-40,43-46H,2,19-20,41-42H2. The van der Waals surface area contributed by atoms with Gasteiger partial charge in [-0.1, -0.05) is 232 Å². The molecule has 0 radical (unpaired) electrons. The average Bonchev–Trinajstić information content (AvgIpc) is 4.05. The lowest BCUT2D eigenvalue weighted by Crippen LogP contribution is -2.28. The highest BCUT2D eigenvalue weighted by Crippen LogP contribution is 2.65. The first-order valence-corrected chi connectivity index (χ1v) is 26.7. The van der Waals surface area contributed by atoms with Crippen molar-refractivity contribution in [2.75, 3.05) is 4.90 Å². The predicted octanol–water partition coefficient (Wildman–Crippen LogP) is 19.5. The van der Waals surface area contributed by atoms with E-state index in [4.69, 9.17) is 0 Å². The van der Waals surface area contributed by atoms with E-state index in [0.717, 1.165) is 5.69 Å². The molecule has 4 aliphatic rings. The summed E-state index contributed by atoms with van der Waals surface area (Å²) in [5, 5.41) is 7.64. The molecular weight excluding hydrogens is 891 g/mol.